The number of carbonyl (C=O) groups is 2. The fraction of sp³-hybridized carbons (Fsp3) is 0.136. The van der Waals surface area contributed by atoms with Gasteiger partial charge in [-0.05, 0) is 60.8 Å². The van der Waals surface area contributed by atoms with Gasteiger partial charge in [0.15, 0.2) is 0 Å². The van der Waals surface area contributed by atoms with Crippen molar-refractivity contribution in [3.8, 4) is 5.75 Å². The predicted octanol–water partition coefficient (Wildman–Crippen LogP) is 4.15. The predicted molar refractivity (Wildman–Crippen MR) is 111 cm³/mol. The molecule has 29 heavy (non-hydrogen) atoms. The van der Waals surface area contributed by atoms with Crippen molar-refractivity contribution in [2.24, 2.45) is 0 Å². The van der Waals surface area contributed by atoms with Gasteiger partial charge >= 0.3 is 5.97 Å². The summed E-state index contributed by atoms with van der Waals surface area (Å²) in [7, 11) is 1.60. The van der Waals surface area contributed by atoms with E-state index in [9.17, 15) is 9.59 Å². The highest BCUT2D eigenvalue weighted by Crippen LogP contribution is 2.23. The first-order valence-corrected chi connectivity index (χ1v) is 9.12. The lowest BCUT2D eigenvalue weighted by molar-refractivity contribution is 0.0520. The molecule has 0 saturated heterocycles. The molecule has 4 aromatic rings. The summed E-state index contributed by atoms with van der Waals surface area (Å²) in [4.78, 5) is 31.8. The van der Waals surface area contributed by atoms with Gasteiger partial charge in [-0.1, -0.05) is 0 Å². The first kappa shape index (κ1) is 18.5. The summed E-state index contributed by atoms with van der Waals surface area (Å²) >= 11 is 0. The minimum absolute atomic E-state index is 0.298. The van der Waals surface area contributed by atoms with E-state index in [1.165, 1.54) is 0 Å². The van der Waals surface area contributed by atoms with Crippen LogP contribution >= 0.6 is 0 Å². The zero-order valence-corrected chi connectivity index (χ0v) is 16.0. The molecule has 0 bridgehead atoms. The van der Waals surface area contributed by atoms with Gasteiger partial charge in [-0.15, -0.1) is 0 Å². The van der Waals surface area contributed by atoms with Gasteiger partial charge in [0, 0.05) is 28.2 Å². The van der Waals surface area contributed by atoms with Crippen molar-refractivity contribution in [3.05, 3.63) is 66.1 Å². The number of H-pyrrole nitrogens is 1. The highest BCUT2D eigenvalue weighted by molar-refractivity contribution is 6.06. The van der Waals surface area contributed by atoms with Crippen molar-refractivity contribution < 1.29 is 19.1 Å². The Hall–Kier alpha value is -3.87. The fourth-order valence-corrected chi connectivity index (χ4v) is 3.09. The number of hydrogen-bond acceptors (Lipinski definition) is 5. The molecule has 2 aromatic heterocycles. The van der Waals surface area contributed by atoms with Gasteiger partial charge in [-0.3, -0.25) is 9.78 Å². The Morgan fingerprint density at radius 3 is 2.69 bits per heavy atom. The van der Waals surface area contributed by atoms with E-state index in [0.717, 1.165) is 21.7 Å². The lowest BCUT2D eigenvalue weighted by Gasteiger charge is -2.07. The second-order valence-electron chi connectivity index (χ2n) is 6.44. The number of aromatic nitrogens is 2. The molecule has 0 atom stereocenters. The molecule has 146 valence electrons. The van der Waals surface area contributed by atoms with Gasteiger partial charge in [0.05, 0.1) is 13.7 Å². The van der Waals surface area contributed by atoms with Crippen LogP contribution in [0.5, 0.6) is 5.75 Å². The highest BCUT2D eigenvalue weighted by Gasteiger charge is 2.13. The van der Waals surface area contributed by atoms with Gasteiger partial charge in [-0.2, -0.15) is 0 Å². The number of esters is 1. The Balaban J connectivity index is 1.58. The standard InChI is InChI=1S/C22H19N3O4/c1-3-29-22(27)20-11-15-8-16(5-7-18(15)25-20)24-21(26)19-10-14-9-17(28-2)6-4-13(14)12-23-19/h4-12,25H,3H2,1-2H3,(H,24,26). The molecule has 7 heteroatoms. The molecule has 0 spiro atoms. The SMILES string of the molecule is CCOC(=O)c1cc2cc(NC(=O)c3cc4cc(OC)ccc4cn3)ccc2[nH]1. The molecule has 0 unspecified atom stereocenters. The van der Waals surface area contributed by atoms with E-state index >= 15 is 0 Å². The van der Waals surface area contributed by atoms with Gasteiger partial charge in [0.25, 0.3) is 5.91 Å². The summed E-state index contributed by atoms with van der Waals surface area (Å²) < 4.78 is 10.2. The average Bonchev–Trinajstić information content (AvgIpc) is 3.16. The Morgan fingerprint density at radius 2 is 1.90 bits per heavy atom. The summed E-state index contributed by atoms with van der Waals surface area (Å²) in [5, 5.41) is 5.42. The molecule has 0 aliphatic rings. The number of nitrogens with zero attached hydrogens (tertiary/aromatic N) is 1. The van der Waals surface area contributed by atoms with E-state index in [2.05, 4.69) is 15.3 Å². The van der Waals surface area contributed by atoms with Crippen molar-refractivity contribution in [3.63, 3.8) is 0 Å². The molecule has 0 radical (unpaired) electrons. The Labute approximate surface area is 166 Å². The lowest BCUT2D eigenvalue weighted by atomic mass is 10.1. The van der Waals surface area contributed by atoms with Crippen molar-refractivity contribution in [1.82, 2.24) is 9.97 Å². The molecule has 0 saturated carbocycles. The van der Waals surface area contributed by atoms with Crippen LogP contribution in [0, 0.1) is 0 Å². The summed E-state index contributed by atoms with van der Waals surface area (Å²) in [5.74, 6) is -0.0225. The quantitative estimate of drug-likeness (QED) is 0.500. The van der Waals surface area contributed by atoms with Gasteiger partial charge < -0.3 is 19.8 Å². The summed E-state index contributed by atoms with van der Waals surface area (Å²) in [6.07, 6.45) is 1.66. The number of pyridine rings is 1. The second kappa shape index (κ2) is 7.63. The number of anilines is 1. The molecule has 4 rings (SSSR count). The number of nitrogens with one attached hydrogen (secondary N) is 2. The van der Waals surface area contributed by atoms with E-state index in [0.29, 0.717) is 29.4 Å². The molecule has 0 aliphatic heterocycles. The topological polar surface area (TPSA) is 93.3 Å². The van der Waals surface area contributed by atoms with Crippen LogP contribution in [0.3, 0.4) is 0 Å². The largest absolute Gasteiger partial charge is 0.497 e. The summed E-state index contributed by atoms with van der Waals surface area (Å²) in [5.41, 5.74) is 2.05. The zero-order valence-electron chi connectivity index (χ0n) is 16.0. The van der Waals surface area contributed by atoms with Crippen LogP contribution < -0.4 is 10.1 Å². The number of aromatic amines is 1. The third-order valence-corrected chi connectivity index (χ3v) is 4.54. The molecule has 0 fully saturated rings. The highest BCUT2D eigenvalue weighted by atomic mass is 16.5. The first-order valence-electron chi connectivity index (χ1n) is 9.12. The Morgan fingerprint density at radius 1 is 1.03 bits per heavy atom. The van der Waals surface area contributed by atoms with Crippen LogP contribution in [0.2, 0.25) is 0 Å². The van der Waals surface area contributed by atoms with E-state index in [1.807, 2.05) is 18.2 Å². The van der Waals surface area contributed by atoms with Crippen molar-refractivity contribution >= 4 is 39.2 Å². The smallest absolute Gasteiger partial charge is 0.354 e. The molecule has 0 aliphatic carbocycles. The Bertz CT molecular complexity index is 1230. The molecule has 7 nitrogen and oxygen atoms in total. The minimum Gasteiger partial charge on any atom is -0.497 e. The molecule has 1 amide bonds. The number of carbonyl (C=O) groups excluding carboxylic acids is 2. The van der Waals surface area contributed by atoms with E-state index in [1.54, 1.807) is 50.6 Å². The van der Waals surface area contributed by atoms with E-state index in [4.69, 9.17) is 9.47 Å². The fourth-order valence-electron chi connectivity index (χ4n) is 3.09. The normalized spacial score (nSPS) is 10.8. The van der Waals surface area contributed by atoms with Crippen LogP contribution in [0.25, 0.3) is 21.7 Å². The molecular formula is C22H19N3O4. The molecule has 2 heterocycles. The van der Waals surface area contributed by atoms with Crippen molar-refractivity contribution in [2.75, 3.05) is 19.0 Å². The zero-order chi connectivity index (χ0) is 20.4. The molecular weight excluding hydrogens is 370 g/mol. The summed E-state index contributed by atoms with van der Waals surface area (Å²) in [6, 6.07) is 14.4. The second-order valence-corrected chi connectivity index (χ2v) is 6.44. The monoisotopic (exact) mass is 389 g/mol. The third kappa shape index (κ3) is 3.75. The minimum atomic E-state index is -0.412. The Kier molecular flexibility index (Phi) is 4.87. The molecule has 2 aromatic carbocycles. The van der Waals surface area contributed by atoms with Gasteiger partial charge in [-0.25, -0.2) is 4.79 Å². The summed E-state index contributed by atoms with van der Waals surface area (Å²) in [6.45, 7) is 2.06. The van der Waals surface area contributed by atoms with E-state index in [-0.39, 0.29) is 5.91 Å². The number of fused-ring (bicyclic) bond motifs is 2. The number of amides is 1. The number of benzene rings is 2. The van der Waals surface area contributed by atoms with Gasteiger partial charge in [0.1, 0.15) is 17.1 Å². The number of methoxy groups -OCH3 is 1. The lowest BCUT2D eigenvalue weighted by Crippen LogP contribution is -2.13. The average molecular weight is 389 g/mol. The maximum atomic E-state index is 12.7. The number of hydrogen-bond donors (Lipinski definition) is 2. The van der Waals surface area contributed by atoms with E-state index < -0.39 is 5.97 Å². The van der Waals surface area contributed by atoms with Crippen molar-refractivity contribution in [1.29, 1.82) is 0 Å². The van der Waals surface area contributed by atoms with Crippen LogP contribution in [0.15, 0.2) is 54.7 Å². The van der Waals surface area contributed by atoms with Crippen LogP contribution in [0.1, 0.15) is 27.9 Å². The molecule has 2 N–H and O–H groups in total. The maximum absolute atomic E-state index is 12.7. The van der Waals surface area contributed by atoms with Crippen LogP contribution in [-0.2, 0) is 4.74 Å². The van der Waals surface area contributed by atoms with Gasteiger partial charge in [0.2, 0.25) is 0 Å². The third-order valence-electron chi connectivity index (χ3n) is 4.54. The maximum Gasteiger partial charge on any atom is 0.354 e. The van der Waals surface area contributed by atoms with Crippen molar-refractivity contribution in [2.45, 2.75) is 6.92 Å². The number of ether oxygens (including phenoxy) is 2. The van der Waals surface area contributed by atoms with Crippen LogP contribution in [0.4, 0.5) is 5.69 Å². The first-order chi connectivity index (χ1) is 14.1. The number of rotatable bonds is 5. The van der Waals surface area contributed by atoms with Crippen LogP contribution in [-0.4, -0.2) is 35.6 Å².